The molecular formula is C20H22N2O4. The first-order valence-corrected chi connectivity index (χ1v) is 9.12. The van der Waals surface area contributed by atoms with Gasteiger partial charge in [0.15, 0.2) is 0 Å². The van der Waals surface area contributed by atoms with Crippen LogP contribution in [0.3, 0.4) is 0 Å². The second-order valence-electron chi connectivity index (χ2n) is 7.18. The number of nitrogens with zero attached hydrogens (tertiary/aromatic N) is 1. The standard InChI is InChI=1S/C20H22N2O4/c1-2-15(21-20(25)26-11-12-6-4-3-5-7-12)22-18(23)16-13-8-9-14(10-13)17(16)19(22)24/h3-9,13-17H,2,10-11H2,1H3,(H,21,25). The van der Waals surface area contributed by atoms with Crippen molar-refractivity contribution in [3.05, 3.63) is 48.0 Å². The number of rotatable bonds is 5. The molecular weight excluding hydrogens is 332 g/mol. The van der Waals surface area contributed by atoms with Gasteiger partial charge in [-0.25, -0.2) is 4.79 Å². The van der Waals surface area contributed by atoms with Crippen LogP contribution >= 0.6 is 0 Å². The van der Waals surface area contributed by atoms with E-state index in [2.05, 4.69) is 17.5 Å². The maximum absolute atomic E-state index is 12.8. The van der Waals surface area contributed by atoms with Crippen molar-refractivity contribution in [3.8, 4) is 0 Å². The topological polar surface area (TPSA) is 75.7 Å². The van der Waals surface area contributed by atoms with Crippen molar-refractivity contribution in [1.29, 1.82) is 0 Å². The monoisotopic (exact) mass is 354 g/mol. The normalized spacial score (nSPS) is 29.8. The fourth-order valence-electron chi connectivity index (χ4n) is 4.48. The molecule has 6 nitrogen and oxygen atoms in total. The summed E-state index contributed by atoms with van der Waals surface area (Å²) >= 11 is 0. The molecule has 2 aliphatic carbocycles. The zero-order valence-corrected chi connectivity index (χ0v) is 14.6. The molecule has 1 aliphatic heterocycles. The lowest BCUT2D eigenvalue weighted by atomic mass is 9.85. The maximum atomic E-state index is 12.8. The molecule has 1 saturated heterocycles. The van der Waals surface area contributed by atoms with E-state index < -0.39 is 12.3 Å². The Morgan fingerprint density at radius 2 is 1.77 bits per heavy atom. The number of benzene rings is 1. The fourth-order valence-corrected chi connectivity index (χ4v) is 4.48. The molecule has 1 N–H and O–H groups in total. The Hall–Kier alpha value is -2.63. The van der Waals surface area contributed by atoms with E-state index in [1.807, 2.05) is 37.3 Å². The van der Waals surface area contributed by atoms with Crippen molar-refractivity contribution in [3.63, 3.8) is 0 Å². The number of hydrogen-bond acceptors (Lipinski definition) is 4. The Morgan fingerprint density at radius 3 is 2.35 bits per heavy atom. The first kappa shape index (κ1) is 16.8. The highest BCUT2D eigenvalue weighted by atomic mass is 16.5. The Balaban J connectivity index is 1.40. The van der Waals surface area contributed by atoms with Gasteiger partial charge in [-0.15, -0.1) is 0 Å². The summed E-state index contributed by atoms with van der Waals surface area (Å²) in [5.74, 6) is -0.510. The maximum Gasteiger partial charge on any atom is 0.409 e. The average molecular weight is 354 g/mol. The van der Waals surface area contributed by atoms with Gasteiger partial charge in [-0.3, -0.25) is 14.5 Å². The lowest BCUT2D eigenvalue weighted by Gasteiger charge is -2.27. The molecule has 1 heterocycles. The van der Waals surface area contributed by atoms with Crippen molar-refractivity contribution in [2.75, 3.05) is 0 Å². The van der Waals surface area contributed by atoms with Gasteiger partial charge in [0.05, 0.1) is 11.8 Å². The van der Waals surface area contributed by atoms with Crippen LogP contribution in [0.5, 0.6) is 0 Å². The lowest BCUT2D eigenvalue weighted by molar-refractivity contribution is -0.144. The van der Waals surface area contributed by atoms with Gasteiger partial charge in [-0.05, 0) is 30.2 Å². The molecule has 1 aromatic rings. The van der Waals surface area contributed by atoms with Crippen LogP contribution in [0.2, 0.25) is 0 Å². The number of carbonyl (C=O) groups is 3. The van der Waals surface area contributed by atoms with Crippen molar-refractivity contribution in [2.45, 2.75) is 32.5 Å². The molecule has 3 amide bonds. The Bertz CT molecular complexity index is 730. The summed E-state index contributed by atoms with van der Waals surface area (Å²) in [6.07, 6.45) is 4.17. The summed E-state index contributed by atoms with van der Waals surface area (Å²) in [4.78, 5) is 39.1. The molecule has 4 rings (SSSR count). The van der Waals surface area contributed by atoms with Crippen molar-refractivity contribution < 1.29 is 19.1 Å². The quantitative estimate of drug-likeness (QED) is 0.651. The number of hydrogen-bond donors (Lipinski definition) is 1. The van der Waals surface area contributed by atoms with Gasteiger partial charge in [-0.1, -0.05) is 49.4 Å². The zero-order chi connectivity index (χ0) is 18.3. The van der Waals surface area contributed by atoms with Crippen molar-refractivity contribution >= 4 is 17.9 Å². The molecule has 0 aromatic heterocycles. The van der Waals surface area contributed by atoms with E-state index in [9.17, 15) is 14.4 Å². The Kier molecular flexibility index (Phi) is 4.26. The number of likely N-dealkylation sites (tertiary alicyclic amines) is 1. The van der Waals surface area contributed by atoms with Crippen LogP contribution < -0.4 is 5.32 Å². The molecule has 136 valence electrons. The minimum absolute atomic E-state index is 0.143. The highest BCUT2D eigenvalue weighted by Crippen LogP contribution is 2.52. The summed E-state index contributed by atoms with van der Waals surface area (Å²) in [5, 5.41) is 2.68. The highest BCUT2D eigenvalue weighted by molar-refractivity contribution is 6.06. The number of ether oxygens (including phenoxy) is 1. The van der Waals surface area contributed by atoms with Gasteiger partial charge in [0, 0.05) is 0 Å². The molecule has 1 saturated carbocycles. The molecule has 6 heteroatoms. The van der Waals surface area contributed by atoms with Crippen molar-refractivity contribution in [1.82, 2.24) is 10.2 Å². The molecule has 0 spiro atoms. The van der Waals surface area contributed by atoms with E-state index in [1.165, 1.54) is 4.90 Å². The van der Waals surface area contributed by atoms with Gasteiger partial charge in [0.25, 0.3) is 0 Å². The second kappa shape index (κ2) is 6.59. The predicted octanol–water partition coefficient (Wildman–Crippen LogP) is 2.46. The van der Waals surface area contributed by atoms with Gasteiger partial charge >= 0.3 is 6.09 Å². The van der Waals surface area contributed by atoms with Crippen LogP contribution in [0.4, 0.5) is 4.79 Å². The summed E-state index contributed by atoms with van der Waals surface area (Å²) in [5.41, 5.74) is 0.876. The summed E-state index contributed by atoms with van der Waals surface area (Å²) in [6.45, 7) is 1.98. The highest BCUT2D eigenvalue weighted by Gasteiger charge is 2.60. The molecule has 2 fully saturated rings. The molecule has 26 heavy (non-hydrogen) atoms. The number of alkyl carbamates (subject to hydrolysis) is 1. The summed E-state index contributed by atoms with van der Waals surface area (Å²) < 4.78 is 5.23. The zero-order valence-electron chi connectivity index (χ0n) is 14.6. The van der Waals surface area contributed by atoms with E-state index in [0.29, 0.717) is 6.42 Å². The van der Waals surface area contributed by atoms with Crippen LogP contribution in [0.15, 0.2) is 42.5 Å². The van der Waals surface area contributed by atoms with E-state index in [0.717, 1.165) is 12.0 Å². The SMILES string of the molecule is CCC(NC(=O)OCc1ccccc1)N1C(=O)C2C3C=CC(C3)C2C1=O. The van der Waals surface area contributed by atoms with Gasteiger partial charge < -0.3 is 10.1 Å². The summed E-state index contributed by atoms with van der Waals surface area (Å²) in [7, 11) is 0. The average Bonchev–Trinajstić information content (AvgIpc) is 3.33. The molecule has 5 unspecified atom stereocenters. The number of imide groups is 1. The number of carbonyl (C=O) groups excluding carboxylic acids is 3. The number of fused-ring (bicyclic) bond motifs is 5. The molecule has 2 bridgehead atoms. The molecule has 1 aromatic carbocycles. The Morgan fingerprint density at radius 1 is 1.15 bits per heavy atom. The molecule has 3 aliphatic rings. The van der Waals surface area contributed by atoms with E-state index in [1.54, 1.807) is 0 Å². The largest absolute Gasteiger partial charge is 0.445 e. The molecule has 0 radical (unpaired) electrons. The Labute approximate surface area is 152 Å². The van der Waals surface area contributed by atoms with E-state index in [-0.39, 0.29) is 42.1 Å². The predicted molar refractivity (Wildman–Crippen MR) is 93.4 cm³/mol. The van der Waals surface area contributed by atoms with Gasteiger partial charge in [-0.2, -0.15) is 0 Å². The van der Waals surface area contributed by atoms with Gasteiger partial charge in [0.2, 0.25) is 11.8 Å². The first-order valence-electron chi connectivity index (χ1n) is 9.12. The van der Waals surface area contributed by atoms with Crippen LogP contribution in [-0.4, -0.2) is 29.0 Å². The molecule has 5 atom stereocenters. The van der Waals surface area contributed by atoms with Crippen molar-refractivity contribution in [2.24, 2.45) is 23.7 Å². The van der Waals surface area contributed by atoms with Crippen LogP contribution in [0.1, 0.15) is 25.3 Å². The number of allylic oxidation sites excluding steroid dienone is 2. The third-order valence-corrected chi connectivity index (χ3v) is 5.70. The second-order valence-corrected chi connectivity index (χ2v) is 7.18. The third-order valence-electron chi connectivity index (χ3n) is 5.70. The van der Waals surface area contributed by atoms with E-state index in [4.69, 9.17) is 4.74 Å². The minimum Gasteiger partial charge on any atom is -0.445 e. The van der Waals surface area contributed by atoms with Gasteiger partial charge in [0.1, 0.15) is 12.8 Å². The van der Waals surface area contributed by atoms with Crippen LogP contribution in [0, 0.1) is 23.7 Å². The third kappa shape index (κ3) is 2.69. The number of nitrogens with one attached hydrogen (secondary N) is 1. The first-order chi connectivity index (χ1) is 12.6. The van der Waals surface area contributed by atoms with Crippen LogP contribution in [0.25, 0.3) is 0 Å². The summed E-state index contributed by atoms with van der Waals surface area (Å²) in [6, 6.07) is 9.35. The van der Waals surface area contributed by atoms with E-state index >= 15 is 0 Å². The number of amides is 3. The van der Waals surface area contributed by atoms with Crippen LogP contribution in [-0.2, 0) is 20.9 Å². The smallest absolute Gasteiger partial charge is 0.409 e. The lowest BCUT2D eigenvalue weighted by Crippen LogP contribution is -2.51. The minimum atomic E-state index is -0.664. The fraction of sp³-hybridized carbons (Fsp3) is 0.450.